The third-order valence-corrected chi connectivity index (χ3v) is 5.82. The number of aldehydes is 1. The Morgan fingerprint density at radius 3 is 1.72 bits per heavy atom. The third-order valence-electron chi connectivity index (χ3n) is 5.82. The van der Waals surface area contributed by atoms with Crippen LogP contribution < -0.4 is 0 Å². The number of alkyl halides is 5. The van der Waals surface area contributed by atoms with E-state index in [2.05, 4.69) is 0 Å². The minimum absolute atomic E-state index is 0.218. The summed E-state index contributed by atoms with van der Waals surface area (Å²) in [6, 6.07) is 0. The number of rotatable bonds is 16. The second-order valence-corrected chi connectivity index (χ2v) is 8.32. The molecule has 0 aromatic heterocycles. The molecule has 2 nitrogen and oxygen atoms in total. The first-order valence-corrected chi connectivity index (χ1v) is 11.3. The summed E-state index contributed by atoms with van der Waals surface area (Å²) in [4.78, 5) is 10.6. The van der Waals surface area contributed by atoms with Gasteiger partial charge in [0.15, 0.2) is 0 Å². The first kappa shape index (κ1) is 26.3. The van der Waals surface area contributed by atoms with Gasteiger partial charge in [0.1, 0.15) is 6.29 Å². The molecular weight excluding hydrogens is 391 g/mol. The van der Waals surface area contributed by atoms with E-state index in [4.69, 9.17) is 4.74 Å². The summed E-state index contributed by atoms with van der Waals surface area (Å²) in [5.41, 5.74) is 0. The molecule has 0 aromatic rings. The molecule has 0 aliphatic heterocycles. The molecule has 0 saturated heterocycles. The molecule has 1 atom stereocenters. The van der Waals surface area contributed by atoms with Gasteiger partial charge >= 0.3 is 12.1 Å². The third kappa shape index (κ3) is 10.7. The van der Waals surface area contributed by atoms with Crippen LogP contribution in [0.25, 0.3) is 0 Å². The van der Waals surface area contributed by atoms with E-state index in [1.807, 2.05) is 0 Å². The molecule has 1 rings (SSSR count). The lowest BCUT2D eigenvalue weighted by molar-refractivity contribution is -0.297. The van der Waals surface area contributed by atoms with Crippen molar-refractivity contribution in [3.05, 3.63) is 0 Å². The van der Waals surface area contributed by atoms with E-state index in [9.17, 15) is 26.7 Å². The van der Waals surface area contributed by atoms with E-state index >= 15 is 0 Å². The lowest BCUT2D eigenvalue weighted by Gasteiger charge is -2.24. The molecule has 29 heavy (non-hydrogen) atoms. The highest BCUT2D eigenvalue weighted by atomic mass is 19.4. The highest BCUT2D eigenvalue weighted by molar-refractivity contribution is 5.55. The fourth-order valence-corrected chi connectivity index (χ4v) is 3.91. The number of halogens is 5. The average molecular weight is 429 g/mol. The topological polar surface area (TPSA) is 26.3 Å². The van der Waals surface area contributed by atoms with Crippen LogP contribution in [0.2, 0.25) is 0 Å². The van der Waals surface area contributed by atoms with Crippen LogP contribution in [-0.2, 0) is 9.53 Å². The number of hydrogen-bond donors (Lipinski definition) is 0. The molecular formula is C22H37F5O2. The van der Waals surface area contributed by atoms with Crippen molar-refractivity contribution >= 4 is 6.29 Å². The predicted octanol–water partition coefficient (Wildman–Crippen LogP) is 7.64. The number of hydrogen-bond acceptors (Lipinski definition) is 2. The maximum atomic E-state index is 13.2. The zero-order valence-corrected chi connectivity index (χ0v) is 17.5. The minimum Gasteiger partial charge on any atom is -0.378 e. The van der Waals surface area contributed by atoms with Crippen LogP contribution in [0.3, 0.4) is 0 Å². The molecule has 1 saturated carbocycles. The van der Waals surface area contributed by atoms with Crippen molar-refractivity contribution in [3.8, 4) is 0 Å². The Bertz CT molecular complexity index is 420. The Morgan fingerprint density at radius 1 is 0.759 bits per heavy atom. The van der Waals surface area contributed by atoms with Crippen LogP contribution in [0.15, 0.2) is 0 Å². The van der Waals surface area contributed by atoms with Crippen molar-refractivity contribution in [1.29, 1.82) is 0 Å². The first-order valence-electron chi connectivity index (χ1n) is 11.3. The lowest BCUT2D eigenvalue weighted by atomic mass is 9.95. The summed E-state index contributed by atoms with van der Waals surface area (Å²) in [6.07, 6.45) is 9.83. The fraction of sp³-hybridized carbons (Fsp3) is 0.955. The molecule has 0 heterocycles. The van der Waals surface area contributed by atoms with Gasteiger partial charge in [-0.25, -0.2) is 0 Å². The van der Waals surface area contributed by atoms with Crippen LogP contribution in [0, 0.1) is 5.92 Å². The van der Waals surface area contributed by atoms with E-state index in [0.29, 0.717) is 12.5 Å². The highest BCUT2D eigenvalue weighted by Crippen LogP contribution is 2.42. The van der Waals surface area contributed by atoms with Crippen LogP contribution in [0.4, 0.5) is 22.0 Å². The summed E-state index contributed by atoms with van der Waals surface area (Å²) >= 11 is 0. The Labute approximate surface area is 171 Å². The number of carbonyl (C=O) groups excluding carboxylic acids is 1. The minimum atomic E-state index is -5.67. The van der Waals surface area contributed by atoms with Gasteiger partial charge < -0.3 is 9.53 Å². The zero-order chi connectivity index (χ0) is 21.6. The molecule has 0 N–H and O–H groups in total. The number of ether oxygens (including phenoxy) is 1. The maximum absolute atomic E-state index is 13.2. The van der Waals surface area contributed by atoms with Crippen LogP contribution in [-0.4, -0.2) is 31.1 Å². The first-order chi connectivity index (χ1) is 13.8. The van der Waals surface area contributed by atoms with Crippen molar-refractivity contribution in [2.45, 2.75) is 121 Å². The lowest BCUT2D eigenvalue weighted by Crippen LogP contribution is -2.44. The summed E-state index contributed by atoms with van der Waals surface area (Å²) in [7, 11) is 0. The summed E-state index contributed by atoms with van der Waals surface area (Å²) in [5, 5.41) is 0. The molecule has 0 spiro atoms. The van der Waals surface area contributed by atoms with Gasteiger partial charge in [-0.15, -0.1) is 0 Å². The van der Waals surface area contributed by atoms with Crippen LogP contribution in [0.1, 0.15) is 103 Å². The van der Waals surface area contributed by atoms with E-state index in [-0.39, 0.29) is 12.7 Å². The van der Waals surface area contributed by atoms with Crippen molar-refractivity contribution in [3.63, 3.8) is 0 Å². The summed E-state index contributed by atoms with van der Waals surface area (Å²) in [5.74, 6) is -7.21. The van der Waals surface area contributed by atoms with E-state index in [0.717, 1.165) is 45.1 Å². The highest BCUT2D eigenvalue weighted by Gasteiger charge is 2.61. The standard InChI is InChI=1S/C22H37F5O2/c23-21(24,22(25,26)27)19(18-28)14-10-7-5-3-1-2-4-6-8-13-17-29-20-15-11-9-12-16-20/h18-20H,1-17H2. The normalized spacial score (nSPS) is 17.4. The van der Waals surface area contributed by atoms with Crippen molar-refractivity contribution in [1.82, 2.24) is 0 Å². The van der Waals surface area contributed by atoms with Crippen molar-refractivity contribution in [2.75, 3.05) is 6.61 Å². The van der Waals surface area contributed by atoms with Crippen molar-refractivity contribution < 1.29 is 31.5 Å². The van der Waals surface area contributed by atoms with Gasteiger partial charge in [-0.1, -0.05) is 77.0 Å². The molecule has 0 bridgehead atoms. The largest absolute Gasteiger partial charge is 0.454 e. The van der Waals surface area contributed by atoms with Gasteiger partial charge in [0.2, 0.25) is 0 Å². The maximum Gasteiger partial charge on any atom is 0.454 e. The van der Waals surface area contributed by atoms with E-state index < -0.39 is 24.4 Å². The van der Waals surface area contributed by atoms with Crippen LogP contribution >= 0.6 is 0 Å². The van der Waals surface area contributed by atoms with Crippen LogP contribution in [0.5, 0.6) is 0 Å². The second kappa shape index (κ2) is 14.3. The Hall–Kier alpha value is -0.720. The quantitative estimate of drug-likeness (QED) is 0.143. The zero-order valence-electron chi connectivity index (χ0n) is 17.5. The Kier molecular flexibility index (Phi) is 13.0. The number of carbonyl (C=O) groups is 1. The Morgan fingerprint density at radius 2 is 1.24 bits per heavy atom. The Balaban J connectivity index is 1.90. The smallest absolute Gasteiger partial charge is 0.378 e. The van der Waals surface area contributed by atoms with Gasteiger partial charge in [0.05, 0.1) is 12.0 Å². The predicted molar refractivity (Wildman–Crippen MR) is 104 cm³/mol. The molecule has 0 radical (unpaired) electrons. The molecule has 1 fully saturated rings. The van der Waals surface area contributed by atoms with Gasteiger partial charge in [0, 0.05) is 6.61 Å². The molecule has 1 aliphatic rings. The second-order valence-electron chi connectivity index (χ2n) is 8.32. The van der Waals surface area contributed by atoms with Gasteiger partial charge in [0.25, 0.3) is 0 Å². The van der Waals surface area contributed by atoms with Gasteiger partial charge in [-0.05, 0) is 25.7 Å². The summed E-state index contributed by atoms with van der Waals surface area (Å²) in [6.45, 7) is 0.861. The SMILES string of the molecule is O=CC(CCCCCCCCCCCCOC1CCCCC1)C(F)(F)C(F)(F)F. The fourth-order valence-electron chi connectivity index (χ4n) is 3.91. The average Bonchev–Trinajstić information content (AvgIpc) is 2.68. The van der Waals surface area contributed by atoms with E-state index in [1.54, 1.807) is 0 Å². The van der Waals surface area contributed by atoms with E-state index in [1.165, 1.54) is 44.9 Å². The molecule has 0 amide bonds. The van der Waals surface area contributed by atoms with Gasteiger partial charge in [-0.2, -0.15) is 22.0 Å². The molecule has 7 heteroatoms. The van der Waals surface area contributed by atoms with Gasteiger partial charge in [-0.3, -0.25) is 0 Å². The molecule has 172 valence electrons. The monoisotopic (exact) mass is 428 g/mol. The molecule has 1 aliphatic carbocycles. The summed E-state index contributed by atoms with van der Waals surface area (Å²) < 4.78 is 69.1. The van der Waals surface area contributed by atoms with Crippen molar-refractivity contribution in [2.24, 2.45) is 5.92 Å². The molecule has 0 aromatic carbocycles. The molecule has 1 unspecified atom stereocenters. The number of unbranched alkanes of at least 4 members (excludes halogenated alkanes) is 9.